The first-order chi connectivity index (χ1) is 16.9. The third-order valence-electron chi connectivity index (χ3n) is 5.08. The molecule has 0 aromatic heterocycles. The Morgan fingerprint density at radius 3 is 2.46 bits per heavy atom. The quantitative estimate of drug-likeness (QED) is 0.262. The fraction of sp³-hybridized carbons (Fsp3) is 0.154. The van der Waals surface area contributed by atoms with Crippen molar-refractivity contribution < 1.29 is 23.8 Å². The lowest BCUT2D eigenvalue weighted by molar-refractivity contribution is -0.123. The molecule has 1 saturated heterocycles. The van der Waals surface area contributed by atoms with Crippen LogP contribution in [0.5, 0.6) is 17.2 Å². The molecular formula is C26H21BrClNO5S. The molecule has 6 nitrogen and oxygen atoms in total. The molecule has 0 N–H and O–H groups in total. The molecule has 1 aliphatic rings. The van der Waals surface area contributed by atoms with Gasteiger partial charge in [-0.05, 0) is 65.9 Å². The van der Waals surface area contributed by atoms with Crippen LogP contribution in [-0.2, 0) is 11.4 Å². The molecule has 1 aliphatic heterocycles. The second-order valence-electron chi connectivity index (χ2n) is 7.43. The van der Waals surface area contributed by atoms with E-state index in [1.807, 2.05) is 42.5 Å². The van der Waals surface area contributed by atoms with Gasteiger partial charge in [0.1, 0.15) is 19.0 Å². The lowest BCUT2D eigenvalue weighted by Crippen LogP contribution is -2.32. The van der Waals surface area contributed by atoms with E-state index >= 15 is 0 Å². The molecular weight excluding hydrogens is 554 g/mol. The molecule has 0 spiro atoms. The number of thioether (sulfide) groups is 1. The van der Waals surface area contributed by atoms with Gasteiger partial charge in [0.25, 0.3) is 11.1 Å². The summed E-state index contributed by atoms with van der Waals surface area (Å²) in [6.45, 7) is 0.609. The minimum absolute atomic E-state index is 0.123. The zero-order valence-corrected chi connectivity index (χ0v) is 21.9. The van der Waals surface area contributed by atoms with Crippen molar-refractivity contribution in [1.82, 2.24) is 4.90 Å². The van der Waals surface area contributed by atoms with Gasteiger partial charge < -0.3 is 14.2 Å². The maximum absolute atomic E-state index is 13.0. The predicted molar refractivity (Wildman–Crippen MR) is 141 cm³/mol. The largest absolute Gasteiger partial charge is 0.493 e. The van der Waals surface area contributed by atoms with Gasteiger partial charge in [-0.15, -0.1) is 0 Å². The summed E-state index contributed by atoms with van der Waals surface area (Å²) in [5.74, 6) is 1.36. The highest BCUT2D eigenvalue weighted by Gasteiger charge is 2.35. The smallest absolute Gasteiger partial charge is 0.293 e. The number of imide groups is 1. The van der Waals surface area contributed by atoms with Gasteiger partial charge in [0.15, 0.2) is 11.5 Å². The lowest BCUT2D eigenvalue weighted by atomic mass is 10.1. The summed E-state index contributed by atoms with van der Waals surface area (Å²) in [6, 6.07) is 20.1. The van der Waals surface area contributed by atoms with Crippen molar-refractivity contribution in [1.29, 1.82) is 0 Å². The highest BCUT2D eigenvalue weighted by atomic mass is 79.9. The maximum atomic E-state index is 13.0. The van der Waals surface area contributed by atoms with Gasteiger partial charge >= 0.3 is 0 Å². The Balaban J connectivity index is 1.44. The van der Waals surface area contributed by atoms with Crippen LogP contribution in [-0.4, -0.2) is 36.3 Å². The monoisotopic (exact) mass is 573 g/mol. The molecule has 1 fully saturated rings. The van der Waals surface area contributed by atoms with Crippen LogP contribution >= 0.6 is 39.3 Å². The van der Waals surface area contributed by atoms with Crippen LogP contribution in [0.25, 0.3) is 6.08 Å². The van der Waals surface area contributed by atoms with Crippen molar-refractivity contribution in [3.63, 3.8) is 0 Å². The standard InChI is InChI=1S/C26H21BrClNO5S/c1-32-22-4-2-3-5-23(22)33-13-12-29-25(30)24(35-26(29)31)15-18-14-19(27)8-11-21(18)34-16-17-6-9-20(28)10-7-17/h2-11,14-15H,12-13,16H2,1H3/b24-15-. The van der Waals surface area contributed by atoms with Gasteiger partial charge in [-0.3, -0.25) is 14.5 Å². The van der Waals surface area contributed by atoms with E-state index in [0.717, 1.165) is 21.8 Å². The van der Waals surface area contributed by atoms with E-state index in [1.54, 1.807) is 37.5 Å². The molecule has 3 aromatic rings. The number of halogens is 2. The molecule has 0 bridgehead atoms. The fourth-order valence-corrected chi connectivity index (χ4v) is 4.68. The van der Waals surface area contributed by atoms with E-state index < -0.39 is 0 Å². The highest BCUT2D eigenvalue weighted by Crippen LogP contribution is 2.35. The first-order valence-electron chi connectivity index (χ1n) is 10.6. The number of hydrogen-bond donors (Lipinski definition) is 0. The number of amides is 2. The second-order valence-corrected chi connectivity index (χ2v) is 9.78. The Kier molecular flexibility index (Phi) is 8.38. The average molecular weight is 575 g/mol. The number of benzene rings is 3. The number of para-hydroxylation sites is 2. The molecule has 0 saturated carbocycles. The third kappa shape index (κ3) is 6.39. The number of carbonyl (C=O) groups is 2. The van der Waals surface area contributed by atoms with E-state index in [2.05, 4.69) is 15.9 Å². The summed E-state index contributed by atoms with van der Waals surface area (Å²) in [5, 5.41) is 0.311. The zero-order valence-electron chi connectivity index (χ0n) is 18.7. The molecule has 1 heterocycles. The number of nitrogens with zero attached hydrogens (tertiary/aromatic N) is 1. The van der Waals surface area contributed by atoms with Crippen molar-refractivity contribution in [2.75, 3.05) is 20.3 Å². The van der Waals surface area contributed by atoms with Crippen LogP contribution in [0.4, 0.5) is 4.79 Å². The second kappa shape index (κ2) is 11.7. The van der Waals surface area contributed by atoms with Gasteiger partial charge in [0.2, 0.25) is 0 Å². The predicted octanol–water partition coefficient (Wildman–Crippen LogP) is 6.81. The molecule has 3 aromatic carbocycles. The normalized spacial score (nSPS) is 14.5. The van der Waals surface area contributed by atoms with E-state index in [0.29, 0.717) is 39.3 Å². The number of ether oxygens (including phenoxy) is 3. The van der Waals surface area contributed by atoms with E-state index in [-0.39, 0.29) is 24.3 Å². The molecule has 0 radical (unpaired) electrons. The molecule has 2 amide bonds. The Hall–Kier alpha value is -2.94. The number of hydrogen-bond acceptors (Lipinski definition) is 6. The van der Waals surface area contributed by atoms with Gasteiger partial charge in [-0.25, -0.2) is 0 Å². The average Bonchev–Trinajstić information content (AvgIpc) is 3.12. The minimum Gasteiger partial charge on any atom is -0.493 e. The molecule has 35 heavy (non-hydrogen) atoms. The van der Waals surface area contributed by atoms with Crippen LogP contribution in [0.15, 0.2) is 76.1 Å². The molecule has 9 heteroatoms. The molecule has 0 unspecified atom stereocenters. The van der Waals surface area contributed by atoms with Crippen LogP contribution in [0.2, 0.25) is 5.02 Å². The Labute approximate surface area is 220 Å². The number of carbonyl (C=O) groups excluding carboxylic acids is 2. The highest BCUT2D eigenvalue weighted by molar-refractivity contribution is 9.10. The van der Waals surface area contributed by atoms with Gasteiger partial charge in [-0.2, -0.15) is 0 Å². The maximum Gasteiger partial charge on any atom is 0.293 e. The van der Waals surface area contributed by atoms with Crippen molar-refractivity contribution in [3.8, 4) is 17.2 Å². The van der Waals surface area contributed by atoms with Crippen molar-refractivity contribution in [2.45, 2.75) is 6.61 Å². The number of methoxy groups -OCH3 is 1. The van der Waals surface area contributed by atoms with Crippen molar-refractivity contribution in [2.24, 2.45) is 0 Å². The molecule has 4 rings (SSSR count). The van der Waals surface area contributed by atoms with Crippen molar-refractivity contribution >= 4 is 56.5 Å². The topological polar surface area (TPSA) is 65.1 Å². The van der Waals surface area contributed by atoms with E-state index in [9.17, 15) is 9.59 Å². The van der Waals surface area contributed by atoms with Gasteiger partial charge in [0, 0.05) is 15.1 Å². The third-order valence-corrected chi connectivity index (χ3v) is 6.73. The van der Waals surface area contributed by atoms with Gasteiger partial charge in [-0.1, -0.05) is 51.8 Å². The first kappa shape index (κ1) is 25.2. The molecule has 180 valence electrons. The summed E-state index contributed by atoms with van der Waals surface area (Å²) in [5.41, 5.74) is 1.64. The fourth-order valence-electron chi connectivity index (χ4n) is 3.32. The summed E-state index contributed by atoms with van der Waals surface area (Å²) in [6.07, 6.45) is 1.67. The zero-order chi connectivity index (χ0) is 24.8. The Morgan fingerprint density at radius 2 is 1.71 bits per heavy atom. The van der Waals surface area contributed by atoms with Crippen LogP contribution in [0, 0.1) is 0 Å². The van der Waals surface area contributed by atoms with Gasteiger partial charge in [0.05, 0.1) is 18.6 Å². The molecule has 0 atom stereocenters. The van der Waals surface area contributed by atoms with E-state index in [4.69, 9.17) is 25.8 Å². The van der Waals surface area contributed by atoms with Crippen LogP contribution < -0.4 is 14.2 Å². The Bertz CT molecular complexity index is 1260. The minimum atomic E-state index is -0.368. The summed E-state index contributed by atoms with van der Waals surface area (Å²) >= 11 is 10.3. The summed E-state index contributed by atoms with van der Waals surface area (Å²) < 4.78 is 17.8. The van der Waals surface area contributed by atoms with Crippen LogP contribution in [0.1, 0.15) is 11.1 Å². The summed E-state index contributed by atoms with van der Waals surface area (Å²) in [4.78, 5) is 27.0. The lowest BCUT2D eigenvalue weighted by Gasteiger charge is -2.14. The molecule has 0 aliphatic carbocycles. The SMILES string of the molecule is COc1ccccc1OCCN1C(=O)S/C(=C\c2cc(Br)ccc2OCc2ccc(Cl)cc2)C1=O. The Morgan fingerprint density at radius 1 is 0.971 bits per heavy atom. The number of rotatable bonds is 9. The first-order valence-corrected chi connectivity index (χ1v) is 12.6. The summed E-state index contributed by atoms with van der Waals surface area (Å²) in [7, 11) is 1.55. The van der Waals surface area contributed by atoms with Crippen molar-refractivity contribution in [3.05, 3.63) is 92.3 Å². The van der Waals surface area contributed by atoms with E-state index in [1.165, 1.54) is 4.90 Å². The van der Waals surface area contributed by atoms with Crippen LogP contribution in [0.3, 0.4) is 0 Å².